The Morgan fingerprint density at radius 3 is 2.53 bits per heavy atom. The predicted molar refractivity (Wildman–Crippen MR) is 73.2 cm³/mol. The van der Waals surface area contributed by atoms with Crippen molar-refractivity contribution >= 4 is 12.6 Å². The Labute approximate surface area is 114 Å². The van der Waals surface area contributed by atoms with Crippen LogP contribution < -0.4 is 5.46 Å². The number of hydrogen-bond acceptors (Lipinski definition) is 4. The molecule has 0 amide bonds. The molecule has 1 fully saturated rings. The molecule has 0 saturated carbocycles. The highest BCUT2D eigenvalue weighted by Crippen LogP contribution is 2.37. The van der Waals surface area contributed by atoms with E-state index in [1.54, 1.807) is 6.20 Å². The lowest BCUT2D eigenvalue weighted by atomic mass is 9.76. The first-order chi connectivity index (χ1) is 8.82. The molecule has 2 aliphatic rings. The molecule has 0 aromatic carbocycles. The van der Waals surface area contributed by atoms with E-state index in [9.17, 15) is 5.11 Å². The maximum Gasteiger partial charge on any atom is 0.495 e. The molecule has 4 nitrogen and oxygen atoms in total. The van der Waals surface area contributed by atoms with Crippen molar-refractivity contribution < 1.29 is 14.4 Å². The fourth-order valence-corrected chi connectivity index (χ4v) is 2.69. The number of hydrogen-bond donors (Lipinski definition) is 1. The summed E-state index contributed by atoms with van der Waals surface area (Å²) in [6.07, 6.45) is 2.86. The van der Waals surface area contributed by atoms with Crippen molar-refractivity contribution in [1.82, 2.24) is 4.98 Å². The van der Waals surface area contributed by atoms with Crippen LogP contribution in [-0.2, 0) is 15.7 Å². The zero-order chi connectivity index (χ0) is 13.8. The van der Waals surface area contributed by atoms with Crippen LogP contribution in [0.2, 0.25) is 0 Å². The van der Waals surface area contributed by atoms with E-state index in [1.165, 1.54) is 0 Å². The quantitative estimate of drug-likeness (QED) is 0.775. The van der Waals surface area contributed by atoms with Crippen molar-refractivity contribution in [2.75, 3.05) is 0 Å². The smallest absolute Gasteiger partial charge is 0.399 e. The Kier molecular flexibility index (Phi) is 2.79. The lowest BCUT2D eigenvalue weighted by Crippen LogP contribution is -2.41. The fraction of sp³-hybridized carbons (Fsp3) is 0.643. The van der Waals surface area contributed by atoms with Gasteiger partial charge in [0.15, 0.2) is 0 Å². The lowest BCUT2D eigenvalue weighted by molar-refractivity contribution is 0.00578. The van der Waals surface area contributed by atoms with Crippen LogP contribution in [0.25, 0.3) is 0 Å². The van der Waals surface area contributed by atoms with Gasteiger partial charge in [-0.05, 0) is 57.6 Å². The normalized spacial score (nSPS) is 27.6. The number of aliphatic hydroxyl groups is 1. The summed E-state index contributed by atoms with van der Waals surface area (Å²) in [5.74, 6) is 0. The highest BCUT2D eigenvalue weighted by molar-refractivity contribution is 6.62. The van der Waals surface area contributed by atoms with E-state index in [-0.39, 0.29) is 18.3 Å². The van der Waals surface area contributed by atoms with Gasteiger partial charge in [0.05, 0.1) is 23.0 Å². The fourth-order valence-electron chi connectivity index (χ4n) is 2.69. The van der Waals surface area contributed by atoms with E-state index in [0.29, 0.717) is 0 Å². The minimum absolute atomic E-state index is 0.342. The van der Waals surface area contributed by atoms with E-state index in [0.717, 1.165) is 29.6 Å². The Bertz CT molecular complexity index is 499. The van der Waals surface area contributed by atoms with Crippen molar-refractivity contribution in [1.29, 1.82) is 0 Å². The van der Waals surface area contributed by atoms with Gasteiger partial charge in [-0.1, -0.05) is 0 Å². The molecule has 1 aliphatic carbocycles. The van der Waals surface area contributed by atoms with Gasteiger partial charge < -0.3 is 14.4 Å². The number of aromatic nitrogens is 1. The van der Waals surface area contributed by atoms with Gasteiger partial charge in [0.25, 0.3) is 0 Å². The minimum atomic E-state index is -0.447. The Hall–Kier alpha value is -0.905. The van der Waals surface area contributed by atoms with Crippen LogP contribution in [0, 0.1) is 0 Å². The van der Waals surface area contributed by atoms with E-state index >= 15 is 0 Å². The van der Waals surface area contributed by atoms with Crippen molar-refractivity contribution in [3.8, 4) is 0 Å². The second-order valence-electron chi connectivity index (χ2n) is 6.41. The summed E-state index contributed by atoms with van der Waals surface area (Å²) < 4.78 is 12.2. The van der Waals surface area contributed by atoms with E-state index < -0.39 is 6.10 Å². The molecule has 2 heterocycles. The second-order valence-corrected chi connectivity index (χ2v) is 6.41. The van der Waals surface area contributed by atoms with Crippen molar-refractivity contribution in [2.24, 2.45) is 0 Å². The third-order valence-electron chi connectivity index (χ3n) is 4.62. The molecular formula is C14H20BNO3. The Morgan fingerprint density at radius 1 is 1.26 bits per heavy atom. The van der Waals surface area contributed by atoms with E-state index in [1.807, 2.05) is 33.8 Å². The molecule has 1 atom stereocenters. The average Bonchev–Trinajstić information content (AvgIpc) is 2.78. The maximum absolute atomic E-state index is 9.91. The average molecular weight is 261 g/mol. The zero-order valence-corrected chi connectivity index (χ0v) is 11.9. The largest absolute Gasteiger partial charge is 0.495 e. The summed E-state index contributed by atoms with van der Waals surface area (Å²) in [5.41, 5.74) is 2.21. The van der Waals surface area contributed by atoms with Crippen molar-refractivity contribution in [3.05, 3.63) is 23.5 Å². The zero-order valence-electron chi connectivity index (χ0n) is 11.9. The first-order valence-corrected chi connectivity index (χ1v) is 6.83. The number of pyridine rings is 1. The van der Waals surface area contributed by atoms with E-state index in [4.69, 9.17) is 9.31 Å². The molecule has 19 heavy (non-hydrogen) atoms. The first kappa shape index (κ1) is 13.1. The summed E-state index contributed by atoms with van der Waals surface area (Å²) in [5, 5.41) is 9.91. The van der Waals surface area contributed by atoms with Crippen molar-refractivity contribution in [2.45, 2.75) is 57.8 Å². The van der Waals surface area contributed by atoms with Crippen LogP contribution in [-0.4, -0.2) is 28.4 Å². The minimum Gasteiger partial charge on any atom is -0.399 e. The van der Waals surface area contributed by atoms with Gasteiger partial charge in [0.1, 0.15) is 0 Å². The third kappa shape index (κ3) is 1.92. The number of aliphatic hydroxyl groups excluding tert-OH is 1. The summed E-state index contributed by atoms with van der Waals surface area (Å²) in [4.78, 5) is 4.28. The molecule has 1 saturated heterocycles. The number of fused-ring (bicyclic) bond motifs is 1. The molecular weight excluding hydrogens is 241 g/mol. The highest BCUT2D eigenvalue weighted by Gasteiger charge is 2.52. The standard InChI is InChI=1S/C14H20BNO3/c1-13(2)14(3,4)19-15(18-13)10-7-8-16-12-9(10)5-6-11(12)17/h7-8,11,17H,5-6H2,1-4H3. The summed E-state index contributed by atoms with van der Waals surface area (Å²) >= 11 is 0. The Balaban J connectivity index is 1.98. The van der Waals surface area contributed by atoms with Crippen LogP contribution >= 0.6 is 0 Å². The predicted octanol–water partition coefficient (Wildman–Crippen LogP) is 1.36. The highest BCUT2D eigenvalue weighted by atomic mass is 16.7. The molecule has 0 radical (unpaired) electrons. The number of nitrogens with zero attached hydrogens (tertiary/aromatic N) is 1. The van der Waals surface area contributed by atoms with Gasteiger partial charge in [-0.2, -0.15) is 0 Å². The number of rotatable bonds is 1. The van der Waals surface area contributed by atoms with Crippen LogP contribution in [0.5, 0.6) is 0 Å². The molecule has 1 aromatic heterocycles. The second kappa shape index (κ2) is 4.04. The van der Waals surface area contributed by atoms with Crippen LogP contribution in [0.3, 0.4) is 0 Å². The molecule has 0 bridgehead atoms. The third-order valence-corrected chi connectivity index (χ3v) is 4.62. The molecule has 1 aliphatic heterocycles. The molecule has 1 unspecified atom stereocenters. The first-order valence-electron chi connectivity index (χ1n) is 6.83. The summed E-state index contributed by atoms with van der Waals surface area (Å²) in [7, 11) is -0.368. The van der Waals surface area contributed by atoms with Gasteiger partial charge in [0.2, 0.25) is 0 Å². The molecule has 5 heteroatoms. The van der Waals surface area contributed by atoms with Crippen LogP contribution in [0.1, 0.15) is 51.5 Å². The van der Waals surface area contributed by atoms with Gasteiger partial charge in [0, 0.05) is 6.20 Å². The molecule has 0 spiro atoms. The van der Waals surface area contributed by atoms with E-state index in [2.05, 4.69) is 4.98 Å². The SMILES string of the molecule is CC1(C)OB(c2ccnc3c2CCC3O)OC1(C)C. The van der Waals surface area contributed by atoms with Gasteiger partial charge in [-0.3, -0.25) is 4.98 Å². The van der Waals surface area contributed by atoms with Crippen molar-refractivity contribution in [3.63, 3.8) is 0 Å². The maximum atomic E-state index is 9.91. The lowest BCUT2D eigenvalue weighted by Gasteiger charge is -2.32. The molecule has 1 N–H and O–H groups in total. The van der Waals surface area contributed by atoms with Gasteiger partial charge in [-0.25, -0.2) is 0 Å². The van der Waals surface area contributed by atoms with Crippen LogP contribution in [0.15, 0.2) is 12.3 Å². The van der Waals surface area contributed by atoms with Gasteiger partial charge in [-0.15, -0.1) is 0 Å². The monoisotopic (exact) mass is 261 g/mol. The molecule has 102 valence electrons. The molecule has 1 aromatic rings. The van der Waals surface area contributed by atoms with Gasteiger partial charge >= 0.3 is 7.12 Å². The topological polar surface area (TPSA) is 51.6 Å². The Morgan fingerprint density at radius 2 is 1.89 bits per heavy atom. The molecule has 3 rings (SSSR count). The summed E-state index contributed by atoms with van der Waals surface area (Å²) in [6.45, 7) is 8.18. The summed E-state index contributed by atoms with van der Waals surface area (Å²) in [6, 6.07) is 1.94. The van der Waals surface area contributed by atoms with Crippen LogP contribution in [0.4, 0.5) is 0 Å².